The number of hydrogen-bond donors (Lipinski definition) is 2. The van der Waals surface area contributed by atoms with Crippen LogP contribution in [0, 0.1) is 11.8 Å². The molecule has 0 bridgehead atoms. The third-order valence-electron chi connectivity index (χ3n) is 3.04. The average molecular weight is 245 g/mol. The summed E-state index contributed by atoms with van der Waals surface area (Å²) in [5, 5.41) is 12.8. The van der Waals surface area contributed by atoms with E-state index in [-0.39, 0.29) is 18.6 Å². The molecule has 2 atom stereocenters. The predicted octanol–water partition coefficient (Wildman–Crippen LogP) is 1.38. The molecule has 1 saturated heterocycles. The second-order valence-corrected chi connectivity index (χ2v) is 5.70. The van der Waals surface area contributed by atoms with Crippen LogP contribution in [0.15, 0.2) is 0 Å². The first-order chi connectivity index (χ1) is 7.94. The Bertz CT molecular complexity index is 219. The minimum atomic E-state index is -0.497. The van der Waals surface area contributed by atoms with E-state index in [1.807, 2.05) is 13.8 Å². The molecule has 2 N–H and O–H groups in total. The van der Waals surface area contributed by atoms with Crippen molar-refractivity contribution in [3.05, 3.63) is 0 Å². The van der Waals surface area contributed by atoms with Crippen molar-refractivity contribution in [1.29, 1.82) is 0 Å². The second kappa shape index (κ2) is 6.69. The fourth-order valence-electron chi connectivity index (χ4n) is 2.02. The Morgan fingerprint density at radius 3 is 2.59 bits per heavy atom. The van der Waals surface area contributed by atoms with E-state index in [2.05, 4.69) is 19.2 Å². The molecule has 0 aromatic carbocycles. The SMILES string of the molecule is CC(C)CNCCC(CO)C1COC(C)(C)O1. The molecule has 0 aromatic rings. The van der Waals surface area contributed by atoms with Gasteiger partial charge in [0.1, 0.15) is 0 Å². The highest BCUT2D eigenvalue weighted by Gasteiger charge is 2.36. The second-order valence-electron chi connectivity index (χ2n) is 5.70. The van der Waals surface area contributed by atoms with Gasteiger partial charge in [-0.1, -0.05) is 13.8 Å². The molecule has 1 fully saturated rings. The van der Waals surface area contributed by atoms with Gasteiger partial charge in [-0.2, -0.15) is 0 Å². The summed E-state index contributed by atoms with van der Waals surface area (Å²) in [7, 11) is 0. The number of rotatable bonds is 7. The van der Waals surface area contributed by atoms with Crippen molar-refractivity contribution in [1.82, 2.24) is 5.32 Å². The van der Waals surface area contributed by atoms with E-state index in [1.165, 1.54) is 0 Å². The molecule has 1 heterocycles. The van der Waals surface area contributed by atoms with Crippen LogP contribution in [0.2, 0.25) is 0 Å². The van der Waals surface area contributed by atoms with Crippen LogP contribution >= 0.6 is 0 Å². The molecule has 1 aliphatic heterocycles. The molecule has 1 rings (SSSR count). The summed E-state index contributed by atoms with van der Waals surface area (Å²) in [6.07, 6.45) is 0.948. The van der Waals surface area contributed by atoms with Crippen LogP contribution in [0.3, 0.4) is 0 Å². The Morgan fingerprint density at radius 1 is 1.41 bits per heavy atom. The number of hydrogen-bond acceptors (Lipinski definition) is 4. The van der Waals surface area contributed by atoms with Gasteiger partial charge in [-0.25, -0.2) is 0 Å². The lowest BCUT2D eigenvalue weighted by Gasteiger charge is -2.23. The van der Waals surface area contributed by atoms with Crippen molar-refractivity contribution < 1.29 is 14.6 Å². The zero-order valence-corrected chi connectivity index (χ0v) is 11.5. The lowest BCUT2D eigenvalue weighted by Crippen LogP contribution is -2.32. The zero-order valence-electron chi connectivity index (χ0n) is 11.5. The molecule has 0 radical (unpaired) electrons. The summed E-state index contributed by atoms with van der Waals surface area (Å²) in [6.45, 7) is 10.9. The molecule has 0 saturated carbocycles. The lowest BCUT2D eigenvalue weighted by atomic mass is 10.00. The highest BCUT2D eigenvalue weighted by molar-refractivity contribution is 4.78. The standard InChI is InChI=1S/C13H27NO3/c1-10(2)7-14-6-5-11(8-15)12-9-16-13(3,4)17-12/h10-12,14-15H,5-9H2,1-4H3. The van der Waals surface area contributed by atoms with Crippen LogP contribution in [-0.2, 0) is 9.47 Å². The lowest BCUT2D eigenvalue weighted by molar-refractivity contribution is -0.146. The quantitative estimate of drug-likeness (QED) is 0.665. The Kier molecular flexibility index (Phi) is 5.86. The third kappa shape index (κ3) is 5.34. The normalized spacial score (nSPS) is 25.4. The van der Waals surface area contributed by atoms with Gasteiger partial charge >= 0.3 is 0 Å². The maximum absolute atomic E-state index is 9.40. The number of aliphatic hydroxyl groups is 1. The summed E-state index contributed by atoms with van der Waals surface area (Å²) in [4.78, 5) is 0. The first-order valence-corrected chi connectivity index (χ1v) is 6.58. The summed E-state index contributed by atoms with van der Waals surface area (Å²) in [6, 6.07) is 0. The fraction of sp³-hybridized carbons (Fsp3) is 1.00. The van der Waals surface area contributed by atoms with Crippen molar-refractivity contribution >= 4 is 0 Å². The van der Waals surface area contributed by atoms with Crippen molar-refractivity contribution in [3.8, 4) is 0 Å². The Hall–Kier alpha value is -0.160. The third-order valence-corrected chi connectivity index (χ3v) is 3.04. The molecule has 4 heteroatoms. The van der Waals surface area contributed by atoms with Gasteiger partial charge in [-0.05, 0) is 39.3 Å². The number of ether oxygens (including phenoxy) is 2. The predicted molar refractivity (Wildman–Crippen MR) is 67.8 cm³/mol. The van der Waals surface area contributed by atoms with E-state index in [0.29, 0.717) is 12.5 Å². The molecule has 2 unspecified atom stereocenters. The van der Waals surface area contributed by atoms with Crippen molar-refractivity contribution in [2.45, 2.75) is 46.0 Å². The van der Waals surface area contributed by atoms with Gasteiger partial charge in [0.2, 0.25) is 0 Å². The first-order valence-electron chi connectivity index (χ1n) is 6.58. The van der Waals surface area contributed by atoms with E-state index in [9.17, 15) is 5.11 Å². The van der Waals surface area contributed by atoms with Gasteiger partial charge in [0.25, 0.3) is 0 Å². The Balaban J connectivity index is 2.24. The van der Waals surface area contributed by atoms with Crippen LogP contribution in [0.4, 0.5) is 0 Å². The van der Waals surface area contributed by atoms with Gasteiger partial charge in [0.05, 0.1) is 12.7 Å². The summed E-state index contributed by atoms with van der Waals surface area (Å²) in [5.74, 6) is 0.327. The van der Waals surface area contributed by atoms with Crippen molar-refractivity contribution in [2.75, 3.05) is 26.3 Å². The summed E-state index contributed by atoms with van der Waals surface area (Å²) >= 11 is 0. The molecule has 4 nitrogen and oxygen atoms in total. The van der Waals surface area contributed by atoms with E-state index in [4.69, 9.17) is 9.47 Å². The van der Waals surface area contributed by atoms with Crippen LogP contribution < -0.4 is 5.32 Å². The monoisotopic (exact) mass is 245 g/mol. The maximum atomic E-state index is 9.40. The highest BCUT2D eigenvalue weighted by Crippen LogP contribution is 2.27. The molecular weight excluding hydrogens is 218 g/mol. The first kappa shape index (κ1) is 14.9. The molecule has 0 aliphatic carbocycles. The highest BCUT2D eigenvalue weighted by atomic mass is 16.7. The van der Waals surface area contributed by atoms with Crippen molar-refractivity contribution in [2.24, 2.45) is 11.8 Å². The van der Waals surface area contributed by atoms with Crippen molar-refractivity contribution in [3.63, 3.8) is 0 Å². The number of aliphatic hydroxyl groups excluding tert-OH is 1. The summed E-state index contributed by atoms with van der Waals surface area (Å²) < 4.78 is 11.3. The van der Waals surface area contributed by atoms with E-state index in [0.717, 1.165) is 19.5 Å². The van der Waals surface area contributed by atoms with Gasteiger partial charge in [-0.15, -0.1) is 0 Å². The minimum Gasteiger partial charge on any atom is -0.396 e. The van der Waals surface area contributed by atoms with Crippen LogP contribution in [0.25, 0.3) is 0 Å². The van der Waals surface area contributed by atoms with E-state index < -0.39 is 5.79 Å². The van der Waals surface area contributed by atoms with Crippen LogP contribution in [0.5, 0.6) is 0 Å². The molecule has 17 heavy (non-hydrogen) atoms. The zero-order chi connectivity index (χ0) is 12.9. The molecule has 102 valence electrons. The fourth-order valence-corrected chi connectivity index (χ4v) is 2.02. The largest absolute Gasteiger partial charge is 0.396 e. The topological polar surface area (TPSA) is 50.7 Å². The average Bonchev–Trinajstić information content (AvgIpc) is 2.58. The van der Waals surface area contributed by atoms with E-state index in [1.54, 1.807) is 0 Å². The molecular formula is C13H27NO3. The Morgan fingerprint density at radius 2 is 2.12 bits per heavy atom. The maximum Gasteiger partial charge on any atom is 0.163 e. The molecule has 0 amide bonds. The Labute approximate surface area is 105 Å². The van der Waals surface area contributed by atoms with Gasteiger partial charge in [0.15, 0.2) is 5.79 Å². The van der Waals surface area contributed by atoms with Gasteiger partial charge in [-0.3, -0.25) is 0 Å². The van der Waals surface area contributed by atoms with Gasteiger partial charge in [0, 0.05) is 12.5 Å². The smallest absolute Gasteiger partial charge is 0.163 e. The number of nitrogens with one attached hydrogen (secondary N) is 1. The van der Waals surface area contributed by atoms with E-state index >= 15 is 0 Å². The molecule has 0 aromatic heterocycles. The minimum absolute atomic E-state index is 0.0239. The molecule has 1 aliphatic rings. The summed E-state index contributed by atoms with van der Waals surface area (Å²) in [5.41, 5.74) is 0. The van der Waals surface area contributed by atoms with Gasteiger partial charge < -0.3 is 19.9 Å². The molecule has 0 spiro atoms. The van der Waals surface area contributed by atoms with Crippen LogP contribution in [-0.4, -0.2) is 43.3 Å². The van der Waals surface area contributed by atoms with Crippen LogP contribution in [0.1, 0.15) is 34.1 Å².